The second kappa shape index (κ2) is 8.56. The smallest absolute Gasteiger partial charge is 0.272 e. The van der Waals surface area contributed by atoms with Crippen LogP contribution < -0.4 is 15.0 Å². The molecular formula is C20H19N3O3S3. The van der Waals surface area contributed by atoms with Crippen LogP contribution in [0.25, 0.3) is 20.8 Å². The molecule has 0 saturated carbocycles. The molecule has 4 rings (SSSR count). The van der Waals surface area contributed by atoms with E-state index in [-0.39, 0.29) is 5.56 Å². The fourth-order valence-electron chi connectivity index (χ4n) is 2.93. The third-order valence-corrected chi connectivity index (χ3v) is 7.22. The molecule has 29 heavy (non-hydrogen) atoms. The monoisotopic (exact) mass is 445 g/mol. The van der Waals surface area contributed by atoms with E-state index in [4.69, 9.17) is 14.5 Å². The van der Waals surface area contributed by atoms with Crippen LogP contribution in [0.3, 0.4) is 0 Å². The van der Waals surface area contributed by atoms with E-state index in [0.29, 0.717) is 28.5 Å². The van der Waals surface area contributed by atoms with E-state index in [2.05, 4.69) is 4.98 Å². The minimum Gasteiger partial charge on any atom is -0.493 e. The third kappa shape index (κ3) is 3.90. The van der Waals surface area contributed by atoms with Crippen molar-refractivity contribution in [1.29, 1.82) is 0 Å². The zero-order valence-electron chi connectivity index (χ0n) is 16.2. The van der Waals surface area contributed by atoms with Gasteiger partial charge in [0, 0.05) is 23.2 Å². The SMILES string of the molecule is CCn1c(SCc2csc(-c3ccc(OC)c(OC)c3)n2)nc2ccsc2c1=O. The van der Waals surface area contributed by atoms with E-state index in [1.165, 1.54) is 23.1 Å². The van der Waals surface area contributed by atoms with E-state index in [9.17, 15) is 4.79 Å². The molecule has 6 nitrogen and oxygen atoms in total. The Morgan fingerprint density at radius 1 is 1.10 bits per heavy atom. The molecule has 150 valence electrons. The predicted molar refractivity (Wildman–Crippen MR) is 120 cm³/mol. The molecule has 0 aliphatic heterocycles. The number of fused-ring (bicyclic) bond motifs is 1. The van der Waals surface area contributed by atoms with Gasteiger partial charge in [0.15, 0.2) is 16.7 Å². The zero-order chi connectivity index (χ0) is 20.4. The van der Waals surface area contributed by atoms with Crippen molar-refractivity contribution in [1.82, 2.24) is 14.5 Å². The van der Waals surface area contributed by atoms with Crippen molar-refractivity contribution < 1.29 is 9.47 Å². The fourth-order valence-corrected chi connectivity index (χ4v) is 5.58. The number of ether oxygens (including phenoxy) is 2. The molecule has 3 heterocycles. The van der Waals surface area contributed by atoms with E-state index >= 15 is 0 Å². The zero-order valence-corrected chi connectivity index (χ0v) is 18.6. The average molecular weight is 446 g/mol. The van der Waals surface area contributed by atoms with Gasteiger partial charge in [-0.15, -0.1) is 22.7 Å². The van der Waals surface area contributed by atoms with Crippen molar-refractivity contribution in [2.75, 3.05) is 14.2 Å². The molecule has 0 saturated heterocycles. The normalized spacial score (nSPS) is 11.1. The summed E-state index contributed by atoms with van der Waals surface area (Å²) in [6, 6.07) is 7.67. The Morgan fingerprint density at radius 3 is 2.69 bits per heavy atom. The minimum absolute atomic E-state index is 0.0271. The maximum absolute atomic E-state index is 12.6. The molecule has 0 fully saturated rings. The summed E-state index contributed by atoms with van der Waals surface area (Å²) in [5.41, 5.74) is 2.72. The Labute approximate surface area is 180 Å². The molecule has 0 amide bonds. The van der Waals surface area contributed by atoms with Crippen LogP contribution in [-0.4, -0.2) is 28.8 Å². The van der Waals surface area contributed by atoms with E-state index in [1.807, 2.05) is 41.9 Å². The molecule has 0 aliphatic carbocycles. The van der Waals surface area contributed by atoms with Crippen molar-refractivity contribution in [2.45, 2.75) is 24.4 Å². The molecule has 0 aliphatic rings. The molecule has 0 atom stereocenters. The van der Waals surface area contributed by atoms with Crippen molar-refractivity contribution in [3.63, 3.8) is 0 Å². The number of thioether (sulfide) groups is 1. The highest BCUT2D eigenvalue weighted by Crippen LogP contribution is 2.34. The van der Waals surface area contributed by atoms with Crippen LogP contribution in [0.1, 0.15) is 12.6 Å². The van der Waals surface area contributed by atoms with E-state index in [1.54, 1.807) is 30.1 Å². The lowest BCUT2D eigenvalue weighted by Crippen LogP contribution is -2.21. The maximum atomic E-state index is 12.6. The van der Waals surface area contributed by atoms with Crippen molar-refractivity contribution >= 4 is 44.7 Å². The number of hydrogen-bond donors (Lipinski definition) is 0. The van der Waals surface area contributed by atoms with Crippen molar-refractivity contribution in [3.8, 4) is 22.1 Å². The first-order chi connectivity index (χ1) is 14.1. The summed E-state index contributed by atoms with van der Waals surface area (Å²) < 4.78 is 13.1. The summed E-state index contributed by atoms with van der Waals surface area (Å²) in [7, 11) is 3.24. The average Bonchev–Trinajstić information content (AvgIpc) is 3.41. The van der Waals surface area contributed by atoms with Crippen LogP contribution in [-0.2, 0) is 12.3 Å². The van der Waals surface area contributed by atoms with E-state index < -0.39 is 0 Å². The minimum atomic E-state index is 0.0271. The highest BCUT2D eigenvalue weighted by Gasteiger charge is 2.13. The van der Waals surface area contributed by atoms with Crippen LogP contribution in [0.4, 0.5) is 0 Å². The summed E-state index contributed by atoms with van der Waals surface area (Å²) in [6.45, 7) is 2.56. The van der Waals surface area contributed by atoms with Crippen molar-refractivity contribution in [2.24, 2.45) is 0 Å². The Morgan fingerprint density at radius 2 is 1.93 bits per heavy atom. The summed E-state index contributed by atoms with van der Waals surface area (Å²) in [6.07, 6.45) is 0. The van der Waals surface area contributed by atoms with Crippen LogP contribution in [0.15, 0.2) is 45.0 Å². The van der Waals surface area contributed by atoms with Crippen LogP contribution in [0.5, 0.6) is 11.5 Å². The van der Waals surface area contributed by atoms with Gasteiger partial charge in [-0.1, -0.05) is 11.8 Å². The largest absolute Gasteiger partial charge is 0.493 e. The Kier molecular flexibility index (Phi) is 5.89. The van der Waals surface area contributed by atoms with Gasteiger partial charge in [-0.05, 0) is 36.6 Å². The predicted octanol–water partition coefficient (Wildman–Crippen LogP) is 4.91. The van der Waals surface area contributed by atoms with Gasteiger partial charge >= 0.3 is 0 Å². The van der Waals surface area contributed by atoms with Gasteiger partial charge in [0.25, 0.3) is 5.56 Å². The highest BCUT2D eigenvalue weighted by molar-refractivity contribution is 7.98. The summed E-state index contributed by atoms with van der Waals surface area (Å²) in [5.74, 6) is 2.01. The number of rotatable bonds is 7. The second-order valence-corrected chi connectivity index (χ2v) is 8.80. The Bertz CT molecular complexity index is 1210. The standard InChI is InChI=1S/C20H19N3O3S3/c1-4-23-19(24)17-14(7-8-27-17)22-20(23)29-11-13-10-28-18(21-13)12-5-6-15(25-2)16(9-12)26-3/h5-10H,4,11H2,1-3H3. The van der Waals surface area contributed by atoms with Gasteiger partial charge < -0.3 is 9.47 Å². The molecule has 0 unspecified atom stereocenters. The summed E-state index contributed by atoms with van der Waals surface area (Å²) in [4.78, 5) is 22.1. The fraction of sp³-hybridized carbons (Fsp3) is 0.250. The molecule has 4 aromatic rings. The van der Waals surface area contributed by atoms with Crippen LogP contribution >= 0.6 is 34.4 Å². The Balaban J connectivity index is 1.56. The number of aromatic nitrogens is 3. The first-order valence-electron chi connectivity index (χ1n) is 8.92. The van der Waals surface area contributed by atoms with Crippen LogP contribution in [0, 0.1) is 0 Å². The lowest BCUT2D eigenvalue weighted by atomic mass is 10.2. The number of methoxy groups -OCH3 is 2. The van der Waals surface area contributed by atoms with Crippen LogP contribution in [0.2, 0.25) is 0 Å². The van der Waals surface area contributed by atoms with Gasteiger partial charge in [0.1, 0.15) is 9.71 Å². The number of benzene rings is 1. The van der Waals surface area contributed by atoms with Gasteiger partial charge in [-0.25, -0.2) is 9.97 Å². The summed E-state index contributed by atoms with van der Waals surface area (Å²) >= 11 is 4.55. The van der Waals surface area contributed by atoms with Gasteiger partial charge in [0.05, 0.1) is 25.4 Å². The van der Waals surface area contributed by atoms with Crippen molar-refractivity contribution in [3.05, 3.63) is 51.1 Å². The molecule has 0 N–H and O–H groups in total. The molecule has 3 aromatic heterocycles. The van der Waals surface area contributed by atoms with Gasteiger partial charge in [-0.2, -0.15) is 0 Å². The maximum Gasteiger partial charge on any atom is 0.272 e. The number of nitrogens with zero attached hydrogens (tertiary/aromatic N) is 3. The molecule has 9 heteroatoms. The summed E-state index contributed by atoms with van der Waals surface area (Å²) in [5, 5.41) is 5.58. The first-order valence-corrected chi connectivity index (χ1v) is 11.7. The molecule has 0 spiro atoms. The number of thiophene rings is 1. The third-order valence-electron chi connectivity index (χ3n) is 4.38. The number of hydrogen-bond acceptors (Lipinski definition) is 8. The van der Waals surface area contributed by atoms with Gasteiger partial charge in [-0.3, -0.25) is 9.36 Å². The molecule has 0 bridgehead atoms. The van der Waals surface area contributed by atoms with Gasteiger partial charge in [0.2, 0.25) is 0 Å². The topological polar surface area (TPSA) is 66.2 Å². The molecular weight excluding hydrogens is 426 g/mol. The quantitative estimate of drug-likeness (QED) is 0.297. The lowest BCUT2D eigenvalue weighted by Gasteiger charge is -2.09. The molecule has 1 aromatic carbocycles. The Hall–Kier alpha value is -2.36. The first kappa shape index (κ1) is 19.9. The van der Waals surface area contributed by atoms with E-state index in [0.717, 1.165) is 26.9 Å². The molecule has 0 radical (unpaired) electrons. The number of thiazole rings is 1. The lowest BCUT2D eigenvalue weighted by molar-refractivity contribution is 0.355. The highest BCUT2D eigenvalue weighted by atomic mass is 32.2. The second-order valence-electron chi connectivity index (χ2n) is 6.08.